The van der Waals surface area contributed by atoms with E-state index in [9.17, 15) is 14.4 Å². The van der Waals surface area contributed by atoms with Crippen molar-refractivity contribution in [3.63, 3.8) is 0 Å². The quantitative estimate of drug-likeness (QED) is 0.0572. The Morgan fingerprint density at radius 2 is 1.23 bits per heavy atom. The number of ether oxygens (including phenoxy) is 5. The molecule has 0 saturated heterocycles. The van der Waals surface area contributed by atoms with Crippen LogP contribution in [0.1, 0.15) is 58.9 Å². The van der Waals surface area contributed by atoms with Gasteiger partial charge in [0.1, 0.15) is 11.5 Å². The summed E-state index contributed by atoms with van der Waals surface area (Å²) in [6.45, 7) is 14.7. The van der Waals surface area contributed by atoms with Crippen LogP contribution in [0.2, 0.25) is 0 Å². The van der Waals surface area contributed by atoms with E-state index in [2.05, 4.69) is 19.7 Å². The van der Waals surface area contributed by atoms with Crippen LogP contribution in [-0.2, 0) is 9.53 Å². The minimum atomic E-state index is -0.577. The highest BCUT2D eigenvalue weighted by atomic mass is 16.5. The highest BCUT2D eigenvalue weighted by molar-refractivity contribution is 5.93. The number of benzene rings is 3. The number of aryl methyl sites for hydroxylation is 1. The molecule has 0 aliphatic carbocycles. The number of allylic oxidation sites excluding steroid dienone is 2. The third kappa shape index (κ3) is 12.4. The Balaban J connectivity index is 0.00000159. The molecule has 0 amide bonds. The van der Waals surface area contributed by atoms with Gasteiger partial charge in [0.05, 0.1) is 31.5 Å². The lowest BCUT2D eigenvalue weighted by molar-refractivity contribution is -0.139. The molecule has 0 radical (unpaired) electrons. The molecular weight excluding hydrogens is 560 g/mol. The lowest BCUT2D eigenvalue weighted by atomic mass is 10.2. The fourth-order valence-electron chi connectivity index (χ4n) is 3.54. The van der Waals surface area contributed by atoms with Gasteiger partial charge < -0.3 is 23.7 Å². The molecule has 0 spiro atoms. The first-order valence-electron chi connectivity index (χ1n) is 14.2. The molecule has 3 aromatic carbocycles. The summed E-state index contributed by atoms with van der Waals surface area (Å²) in [6.07, 6.45) is 6.69. The SMILES string of the molecule is C=C(C)C(=O)OCCCCCCOc1ccc(C(=O)Oc2ccc(C(=O)Oc3ccc(C)cc3)cc2)cc1OC.C=CC=C. The van der Waals surface area contributed by atoms with E-state index in [0.29, 0.717) is 41.6 Å². The summed E-state index contributed by atoms with van der Waals surface area (Å²) in [5, 5.41) is 0. The van der Waals surface area contributed by atoms with E-state index in [1.54, 1.807) is 49.4 Å². The van der Waals surface area contributed by atoms with Gasteiger partial charge in [0.2, 0.25) is 0 Å². The monoisotopic (exact) mass is 600 g/mol. The van der Waals surface area contributed by atoms with Gasteiger partial charge in [0.15, 0.2) is 11.5 Å². The first-order chi connectivity index (χ1) is 21.2. The summed E-state index contributed by atoms with van der Waals surface area (Å²) in [4.78, 5) is 36.4. The molecule has 8 heteroatoms. The van der Waals surface area contributed by atoms with Gasteiger partial charge in [-0.25, -0.2) is 14.4 Å². The smallest absolute Gasteiger partial charge is 0.343 e. The molecule has 0 atom stereocenters. The van der Waals surface area contributed by atoms with Gasteiger partial charge in [0, 0.05) is 5.57 Å². The van der Waals surface area contributed by atoms with Crippen LogP contribution in [0.15, 0.2) is 104 Å². The largest absolute Gasteiger partial charge is 0.493 e. The molecule has 0 bridgehead atoms. The lowest BCUT2D eigenvalue weighted by Crippen LogP contribution is -2.10. The maximum Gasteiger partial charge on any atom is 0.343 e. The molecule has 3 aromatic rings. The lowest BCUT2D eigenvalue weighted by Gasteiger charge is -2.12. The molecule has 44 heavy (non-hydrogen) atoms. The van der Waals surface area contributed by atoms with Crippen LogP contribution in [0.25, 0.3) is 0 Å². The average molecular weight is 601 g/mol. The van der Waals surface area contributed by atoms with Crippen molar-refractivity contribution in [1.29, 1.82) is 0 Å². The molecule has 0 aliphatic heterocycles. The van der Waals surface area contributed by atoms with Crippen molar-refractivity contribution in [2.24, 2.45) is 0 Å². The van der Waals surface area contributed by atoms with E-state index in [0.717, 1.165) is 31.2 Å². The molecular formula is C36H40O8. The highest BCUT2D eigenvalue weighted by Crippen LogP contribution is 2.29. The van der Waals surface area contributed by atoms with Crippen LogP contribution in [0.3, 0.4) is 0 Å². The van der Waals surface area contributed by atoms with E-state index in [-0.39, 0.29) is 17.3 Å². The number of carbonyl (C=O) groups excluding carboxylic acids is 3. The summed E-state index contributed by atoms with van der Waals surface area (Å²) >= 11 is 0. The third-order valence-corrected chi connectivity index (χ3v) is 5.98. The molecule has 0 saturated carbocycles. The Labute approximate surface area is 259 Å². The number of esters is 3. The predicted molar refractivity (Wildman–Crippen MR) is 171 cm³/mol. The second kappa shape index (κ2) is 19.2. The maximum absolute atomic E-state index is 12.7. The van der Waals surface area contributed by atoms with Crippen molar-refractivity contribution in [3.8, 4) is 23.0 Å². The summed E-state index contributed by atoms with van der Waals surface area (Å²) < 4.78 is 27.1. The fraction of sp³-hybridized carbons (Fsp3) is 0.250. The van der Waals surface area contributed by atoms with Gasteiger partial charge in [-0.1, -0.05) is 49.6 Å². The number of hydrogen-bond donors (Lipinski definition) is 0. The zero-order valence-corrected chi connectivity index (χ0v) is 25.6. The highest BCUT2D eigenvalue weighted by Gasteiger charge is 2.15. The van der Waals surface area contributed by atoms with Crippen molar-refractivity contribution in [3.05, 3.63) is 121 Å². The average Bonchev–Trinajstić information content (AvgIpc) is 3.03. The number of hydrogen-bond acceptors (Lipinski definition) is 8. The zero-order chi connectivity index (χ0) is 32.3. The molecule has 0 aromatic heterocycles. The van der Waals surface area contributed by atoms with Crippen LogP contribution in [0.4, 0.5) is 0 Å². The summed E-state index contributed by atoms with van der Waals surface area (Å²) in [7, 11) is 1.50. The van der Waals surface area contributed by atoms with Crippen molar-refractivity contribution in [1.82, 2.24) is 0 Å². The zero-order valence-electron chi connectivity index (χ0n) is 25.6. The molecule has 0 unspecified atom stereocenters. The van der Waals surface area contributed by atoms with E-state index in [1.807, 2.05) is 19.1 Å². The Morgan fingerprint density at radius 1 is 0.705 bits per heavy atom. The van der Waals surface area contributed by atoms with Crippen LogP contribution in [-0.4, -0.2) is 38.2 Å². The molecule has 3 rings (SSSR count). The number of methoxy groups -OCH3 is 1. The molecule has 232 valence electrons. The van der Waals surface area contributed by atoms with Gasteiger partial charge in [-0.15, -0.1) is 0 Å². The first-order valence-corrected chi connectivity index (χ1v) is 14.2. The van der Waals surface area contributed by atoms with Crippen molar-refractivity contribution < 1.29 is 38.1 Å². The molecule has 8 nitrogen and oxygen atoms in total. The Morgan fingerprint density at radius 3 is 1.77 bits per heavy atom. The fourth-order valence-corrected chi connectivity index (χ4v) is 3.54. The minimum absolute atomic E-state index is 0.283. The summed E-state index contributed by atoms with van der Waals surface area (Å²) in [6, 6.07) is 18.1. The van der Waals surface area contributed by atoms with E-state index in [4.69, 9.17) is 23.7 Å². The van der Waals surface area contributed by atoms with E-state index in [1.165, 1.54) is 31.4 Å². The summed E-state index contributed by atoms with van der Waals surface area (Å²) in [5.41, 5.74) is 2.08. The topological polar surface area (TPSA) is 97.4 Å². The Bertz CT molecular complexity index is 1400. The van der Waals surface area contributed by atoms with Gasteiger partial charge in [-0.2, -0.15) is 0 Å². The maximum atomic E-state index is 12.7. The van der Waals surface area contributed by atoms with Crippen molar-refractivity contribution in [2.75, 3.05) is 20.3 Å². The number of rotatable bonds is 15. The number of carbonyl (C=O) groups is 3. The van der Waals surface area contributed by atoms with Crippen molar-refractivity contribution >= 4 is 17.9 Å². The molecule has 0 heterocycles. The standard InChI is InChI=1S/C32H34O8.C4H6/c1-22(2)30(33)38-20-8-6-5-7-19-37-28-18-13-25(21-29(28)36-4)32(35)40-27-16-11-24(12-17-27)31(34)39-26-14-9-23(3)10-15-26;1-3-4-2/h9-18,21H,1,5-8,19-20H2,2-4H3;3-4H,1-2H2. The Hall–Kier alpha value is -5.11. The molecule has 0 N–H and O–H groups in total. The van der Waals surface area contributed by atoms with Crippen LogP contribution in [0, 0.1) is 6.92 Å². The first kappa shape index (κ1) is 35.1. The third-order valence-electron chi connectivity index (χ3n) is 5.98. The van der Waals surface area contributed by atoms with Crippen molar-refractivity contribution in [2.45, 2.75) is 39.5 Å². The van der Waals surface area contributed by atoms with Gasteiger partial charge >= 0.3 is 17.9 Å². The number of unbranched alkanes of at least 4 members (excludes halogenated alkanes) is 3. The van der Waals surface area contributed by atoms with Crippen LogP contribution in [0.5, 0.6) is 23.0 Å². The van der Waals surface area contributed by atoms with Gasteiger partial charge in [0.25, 0.3) is 0 Å². The van der Waals surface area contributed by atoms with E-state index >= 15 is 0 Å². The summed E-state index contributed by atoms with van der Waals surface area (Å²) in [5.74, 6) is 0.216. The Kier molecular flexibility index (Phi) is 15.3. The normalized spacial score (nSPS) is 9.89. The second-order valence-electron chi connectivity index (χ2n) is 9.63. The second-order valence-corrected chi connectivity index (χ2v) is 9.63. The predicted octanol–water partition coefficient (Wildman–Crippen LogP) is 7.86. The van der Waals surface area contributed by atoms with Gasteiger partial charge in [-0.3, -0.25) is 0 Å². The van der Waals surface area contributed by atoms with E-state index < -0.39 is 11.9 Å². The van der Waals surface area contributed by atoms with Gasteiger partial charge in [-0.05, 0) is 94.1 Å². The molecule has 0 fully saturated rings. The van der Waals surface area contributed by atoms with Crippen LogP contribution < -0.4 is 18.9 Å². The van der Waals surface area contributed by atoms with Crippen LogP contribution >= 0.6 is 0 Å². The minimum Gasteiger partial charge on any atom is -0.493 e. The molecule has 0 aliphatic rings.